The van der Waals surface area contributed by atoms with Crippen molar-refractivity contribution in [2.45, 2.75) is 58.9 Å². The first-order valence-electron chi connectivity index (χ1n) is 7.43. The average Bonchev–Trinajstić information content (AvgIpc) is 2.69. The first-order chi connectivity index (χ1) is 9.18. The van der Waals surface area contributed by atoms with Crippen molar-refractivity contribution >= 4 is 11.0 Å². The zero-order valence-corrected chi connectivity index (χ0v) is 13.6. The Balaban J connectivity index is 2.25. The Morgan fingerprint density at radius 1 is 1.05 bits per heavy atom. The van der Waals surface area contributed by atoms with Crippen molar-refractivity contribution < 1.29 is 4.42 Å². The van der Waals surface area contributed by atoms with E-state index in [0.29, 0.717) is 0 Å². The molecule has 2 nitrogen and oxygen atoms in total. The van der Waals surface area contributed by atoms with Crippen LogP contribution in [0.5, 0.6) is 0 Å². The highest BCUT2D eigenvalue weighted by Crippen LogP contribution is 2.32. The fourth-order valence-corrected chi connectivity index (χ4v) is 2.47. The van der Waals surface area contributed by atoms with Crippen molar-refractivity contribution in [3.8, 4) is 0 Å². The maximum atomic E-state index is 5.86. The molecule has 2 rings (SSSR count). The van der Waals surface area contributed by atoms with Gasteiger partial charge in [0, 0.05) is 16.5 Å². The van der Waals surface area contributed by atoms with Crippen molar-refractivity contribution in [2.24, 2.45) is 0 Å². The second kappa shape index (κ2) is 5.25. The molecule has 0 radical (unpaired) electrons. The largest absolute Gasteiger partial charge is 0.464 e. The summed E-state index contributed by atoms with van der Waals surface area (Å²) in [4.78, 5) is 0. The summed E-state index contributed by atoms with van der Waals surface area (Å²) in [5.74, 6) is 0. The second-order valence-electron chi connectivity index (χ2n) is 7.62. The van der Waals surface area contributed by atoms with Crippen LogP contribution in [0.2, 0.25) is 0 Å². The van der Waals surface area contributed by atoms with E-state index in [4.69, 9.17) is 4.42 Å². The molecule has 1 heterocycles. The van der Waals surface area contributed by atoms with Gasteiger partial charge in [-0.25, -0.2) is 0 Å². The highest BCUT2D eigenvalue weighted by molar-refractivity contribution is 5.84. The van der Waals surface area contributed by atoms with Gasteiger partial charge in [-0.05, 0) is 44.7 Å². The van der Waals surface area contributed by atoms with E-state index in [1.807, 2.05) is 6.26 Å². The van der Waals surface area contributed by atoms with Crippen molar-refractivity contribution in [3.05, 3.63) is 35.6 Å². The predicted octanol–water partition coefficient (Wildman–Crippen LogP) is 4.66. The molecule has 20 heavy (non-hydrogen) atoms. The van der Waals surface area contributed by atoms with E-state index in [0.717, 1.165) is 18.5 Å². The van der Waals surface area contributed by atoms with Crippen LogP contribution in [0.1, 0.15) is 52.7 Å². The SMILES string of the molecule is CC(C)(C)NCCc1coc2c(C(C)(C)C)cccc12. The Morgan fingerprint density at radius 3 is 2.35 bits per heavy atom. The smallest absolute Gasteiger partial charge is 0.137 e. The van der Waals surface area contributed by atoms with Crippen LogP contribution in [0.4, 0.5) is 0 Å². The molecular formula is C18H27NO. The van der Waals surface area contributed by atoms with Gasteiger partial charge in [-0.1, -0.05) is 39.0 Å². The van der Waals surface area contributed by atoms with E-state index < -0.39 is 0 Å². The molecule has 0 fully saturated rings. The van der Waals surface area contributed by atoms with Crippen molar-refractivity contribution in [2.75, 3.05) is 6.54 Å². The molecule has 0 atom stereocenters. The minimum atomic E-state index is 0.109. The van der Waals surface area contributed by atoms with Crippen LogP contribution in [0, 0.1) is 0 Å². The average molecular weight is 273 g/mol. The predicted molar refractivity (Wildman–Crippen MR) is 86.4 cm³/mol. The molecule has 0 aliphatic heterocycles. The molecule has 0 bridgehead atoms. The minimum Gasteiger partial charge on any atom is -0.464 e. The fraction of sp³-hybridized carbons (Fsp3) is 0.556. The number of benzene rings is 1. The molecule has 0 aliphatic carbocycles. The van der Waals surface area contributed by atoms with E-state index in [2.05, 4.69) is 65.1 Å². The summed E-state index contributed by atoms with van der Waals surface area (Å²) in [5, 5.41) is 4.79. The quantitative estimate of drug-likeness (QED) is 0.879. The highest BCUT2D eigenvalue weighted by Gasteiger charge is 2.20. The van der Waals surface area contributed by atoms with Crippen molar-refractivity contribution in [1.82, 2.24) is 5.32 Å². The van der Waals surface area contributed by atoms with Crippen LogP contribution in [0.25, 0.3) is 11.0 Å². The van der Waals surface area contributed by atoms with E-state index in [-0.39, 0.29) is 11.0 Å². The van der Waals surface area contributed by atoms with Gasteiger partial charge in [0.05, 0.1) is 6.26 Å². The molecule has 1 aromatic carbocycles. The topological polar surface area (TPSA) is 25.2 Å². The summed E-state index contributed by atoms with van der Waals surface area (Å²) in [5.41, 5.74) is 3.90. The van der Waals surface area contributed by atoms with Gasteiger partial charge in [0.25, 0.3) is 0 Å². The number of hydrogen-bond acceptors (Lipinski definition) is 2. The Bertz CT molecular complexity index is 581. The molecule has 0 unspecified atom stereocenters. The van der Waals surface area contributed by atoms with Gasteiger partial charge in [-0.2, -0.15) is 0 Å². The van der Waals surface area contributed by atoms with Gasteiger partial charge in [0.15, 0.2) is 0 Å². The lowest BCUT2D eigenvalue weighted by atomic mass is 9.86. The van der Waals surface area contributed by atoms with Crippen LogP contribution in [0.3, 0.4) is 0 Å². The lowest BCUT2D eigenvalue weighted by molar-refractivity contribution is 0.429. The standard InChI is InChI=1S/C18H27NO/c1-17(2,3)15-9-7-8-14-13(12-20-16(14)15)10-11-19-18(4,5)6/h7-9,12,19H,10-11H2,1-6H3. The molecule has 2 heteroatoms. The summed E-state index contributed by atoms with van der Waals surface area (Å²) in [6, 6.07) is 6.47. The molecular weight excluding hydrogens is 246 g/mol. The molecule has 0 spiro atoms. The Labute approximate surface area is 122 Å². The van der Waals surface area contributed by atoms with Gasteiger partial charge >= 0.3 is 0 Å². The second-order valence-corrected chi connectivity index (χ2v) is 7.62. The fourth-order valence-electron chi connectivity index (χ4n) is 2.47. The monoisotopic (exact) mass is 273 g/mol. The molecule has 2 aromatic rings. The number of nitrogens with one attached hydrogen (secondary N) is 1. The van der Waals surface area contributed by atoms with Gasteiger partial charge in [0.2, 0.25) is 0 Å². The molecule has 0 saturated heterocycles. The molecule has 1 N–H and O–H groups in total. The van der Waals surface area contributed by atoms with Crippen LogP contribution in [-0.2, 0) is 11.8 Å². The summed E-state index contributed by atoms with van der Waals surface area (Å²) < 4.78 is 5.86. The zero-order valence-electron chi connectivity index (χ0n) is 13.6. The molecule has 1 aromatic heterocycles. The number of hydrogen-bond donors (Lipinski definition) is 1. The van der Waals surface area contributed by atoms with Crippen LogP contribution in [-0.4, -0.2) is 12.1 Å². The van der Waals surface area contributed by atoms with E-state index in [1.165, 1.54) is 16.5 Å². The summed E-state index contributed by atoms with van der Waals surface area (Å²) in [6.07, 6.45) is 2.92. The zero-order chi connectivity index (χ0) is 15.0. The summed E-state index contributed by atoms with van der Waals surface area (Å²) >= 11 is 0. The number of fused-ring (bicyclic) bond motifs is 1. The van der Waals surface area contributed by atoms with Crippen LogP contribution < -0.4 is 5.32 Å². The van der Waals surface area contributed by atoms with Crippen LogP contribution in [0.15, 0.2) is 28.9 Å². The van der Waals surface area contributed by atoms with Gasteiger partial charge < -0.3 is 9.73 Å². The number of para-hydroxylation sites is 1. The minimum absolute atomic E-state index is 0.109. The number of rotatable bonds is 3. The molecule has 0 aliphatic rings. The Hall–Kier alpha value is -1.28. The molecule has 110 valence electrons. The van der Waals surface area contributed by atoms with E-state index in [9.17, 15) is 0 Å². The van der Waals surface area contributed by atoms with Crippen molar-refractivity contribution in [1.29, 1.82) is 0 Å². The van der Waals surface area contributed by atoms with Gasteiger partial charge in [-0.3, -0.25) is 0 Å². The Morgan fingerprint density at radius 2 is 1.75 bits per heavy atom. The third-order valence-corrected chi connectivity index (χ3v) is 3.54. The Kier molecular flexibility index (Phi) is 3.97. The maximum Gasteiger partial charge on any atom is 0.137 e. The van der Waals surface area contributed by atoms with E-state index >= 15 is 0 Å². The normalized spacial score (nSPS) is 13.1. The molecule has 0 amide bonds. The van der Waals surface area contributed by atoms with E-state index in [1.54, 1.807) is 0 Å². The first-order valence-corrected chi connectivity index (χ1v) is 7.43. The lowest BCUT2D eigenvalue weighted by Crippen LogP contribution is -2.37. The number of furan rings is 1. The van der Waals surface area contributed by atoms with Crippen LogP contribution >= 0.6 is 0 Å². The first kappa shape index (κ1) is 15.1. The third-order valence-electron chi connectivity index (χ3n) is 3.54. The maximum absolute atomic E-state index is 5.86. The summed E-state index contributed by atoms with van der Waals surface area (Å²) in [7, 11) is 0. The molecule has 0 saturated carbocycles. The third kappa shape index (κ3) is 3.43. The highest BCUT2D eigenvalue weighted by atomic mass is 16.3. The summed E-state index contributed by atoms with van der Waals surface area (Å²) in [6.45, 7) is 14.2. The lowest BCUT2D eigenvalue weighted by Gasteiger charge is -2.20. The van der Waals surface area contributed by atoms with Crippen molar-refractivity contribution in [3.63, 3.8) is 0 Å². The van der Waals surface area contributed by atoms with Gasteiger partial charge in [0.1, 0.15) is 5.58 Å². The van der Waals surface area contributed by atoms with Gasteiger partial charge in [-0.15, -0.1) is 0 Å².